The number of aromatic nitrogens is 1. The van der Waals surface area contributed by atoms with Crippen LogP contribution in [0.15, 0.2) is 41.1 Å². The molecule has 0 aliphatic heterocycles. The average molecular weight is 326 g/mol. The molecule has 1 aromatic carbocycles. The molecule has 1 amide bonds. The lowest BCUT2D eigenvalue weighted by Gasteiger charge is -2.08. The van der Waals surface area contributed by atoms with Crippen molar-refractivity contribution >= 4 is 39.1 Å². The van der Waals surface area contributed by atoms with Crippen LogP contribution in [-0.2, 0) is 0 Å². The molecule has 0 spiro atoms. The lowest BCUT2D eigenvalue weighted by Crippen LogP contribution is -2.14. The number of amides is 1. The molecule has 1 heterocycles. The second-order valence-electron chi connectivity index (χ2n) is 3.76. The highest BCUT2D eigenvalue weighted by Gasteiger charge is 2.11. The number of carbonyl (C=O) groups is 1. The number of nitrogens with zero attached hydrogens (tertiary/aromatic N) is 1. The van der Waals surface area contributed by atoms with E-state index in [4.69, 9.17) is 11.6 Å². The van der Waals surface area contributed by atoms with Crippen LogP contribution in [0, 0.1) is 6.92 Å². The summed E-state index contributed by atoms with van der Waals surface area (Å²) in [4.78, 5) is 16.2. The standard InChI is InChI=1S/C13H10BrClN2O/c1-8-4-5-9(15)7-10(8)13(18)17-11-3-2-6-16-12(11)14/h2-7H,1H3,(H,17,18). The normalized spacial score (nSPS) is 10.2. The number of benzene rings is 1. The first-order valence-corrected chi connectivity index (χ1v) is 6.43. The van der Waals surface area contributed by atoms with Crippen LogP contribution < -0.4 is 5.32 Å². The van der Waals surface area contributed by atoms with Gasteiger partial charge in [-0.3, -0.25) is 4.79 Å². The molecule has 0 unspecified atom stereocenters. The summed E-state index contributed by atoms with van der Waals surface area (Å²) in [5.41, 5.74) is 2.05. The van der Waals surface area contributed by atoms with Gasteiger partial charge in [0.1, 0.15) is 4.60 Å². The maximum atomic E-state index is 12.1. The van der Waals surface area contributed by atoms with Gasteiger partial charge in [-0.2, -0.15) is 0 Å². The summed E-state index contributed by atoms with van der Waals surface area (Å²) in [5, 5.41) is 3.33. The van der Waals surface area contributed by atoms with Crippen molar-refractivity contribution in [2.75, 3.05) is 5.32 Å². The first-order valence-electron chi connectivity index (χ1n) is 5.26. The third kappa shape index (κ3) is 2.89. The maximum Gasteiger partial charge on any atom is 0.256 e. The highest BCUT2D eigenvalue weighted by Crippen LogP contribution is 2.21. The zero-order valence-electron chi connectivity index (χ0n) is 9.58. The lowest BCUT2D eigenvalue weighted by molar-refractivity contribution is 0.102. The molecule has 0 atom stereocenters. The molecule has 0 aliphatic rings. The van der Waals surface area contributed by atoms with Gasteiger partial charge in [0.05, 0.1) is 5.69 Å². The second-order valence-corrected chi connectivity index (χ2v) is 4.94. The molecular formula is C13H10BrClN2O. The van der Waals surface area contributed by atoms with Gasteiger partial charge in [-0.15, -0.1) is 0 Å². The molecule has 0 fully saturated rings. The summed E-state index contributed by atoms with van der Waals surface area (Å²) in [5.74, 6) is -0.205. The summed E-state index contributed by atoms with van der Waals surface area (Å²) < 4.78 is 0.595. The Balaban J connectivity index is 2.28. The number of pyridine rings is 1. The minimum absolute atomic E-state index is 0.205. The van der Waals surface area contributed by atoms with E-state index in [9.17, 15) is 4.79 Å². The molecule has 0 saturated carbocycles. The topological polar surface area (TPSA) is 42.0 Å². The molecule has 0 saturated heterocycles. The predicted octanol–water partition coefficient (Wildman–Crippen LogP) is 4.06. The summed E-state index contributed by atoms with van der Waals surface area (Å²) in [7, 11) is 0. The number of carbonyl (C=O) groups excluding carboxylic acids is 1. The molecule has 0 bridgehead atoms. The summed E-state index contributed by atoms with van der Waals surface area (Å²) in [6.45, 7) is 1.86. The first kappa shape index (κ1) is 13.1. The molecule has 0 radical (unpaired) electrons. The molecule has 92 valence electrons. The van der Waals surface area contributed by atoms with Crippen LogP contribution >= 0.6 is 27.5 Å². The van der Waals surface area contributed by atoms with Gasteiger partial charge in [-0.1, -0.05) is 17.7 Å². The molecule has 5 heteroatoms. The van der Waals surface area contributed by atoms with Crippen LogP contribution in [0.25, 0.3) is 0 Å². The van der Waals surface area contributed by atoms with Gasteiger partial charge < -0.3 is 5.32 Å². The largest absolute Gasteiger partial charge is 0.320 e. The third-order valence-corrected chi connectivity index (χ3v) is 3.32. The Labute approximate surface area is 118 Å². The molecular weight excluding hydrogens is 316 g/mol. The first-order chi connectivity index (χ1) is 8.58. The number of aryl methyl sites for hydroxylation is 1. The smallest absolute Gasteiger partial charge is 0.256 e. The number of hydrogen-bond acceptors (Lipinski definition) is 2. The molecule has 2 rings (SSSR count). The van der Waals surface area contributed by atoms with Crippen LogP contribution in [0.4, 0.5) is 5.69 Å². The van der Waals surface area contributed by atoms with E-state index in [0.717, 1.165) is 5.56 Å². The van der Waals surface area contributed by atoms with Gasteiger partial charge in [0.2, 0.25) is 0 Å². The molecule has 1 aromatic heterocycles. The minimum Gasteiger partial charge on any atom is -0.320 e. The number of halogens is 2. The Bertz CT molecular complexity index is 601. The van der Waals surface area contributed by atoms with E-state index < -0.39 is 0 Å². The van der Waals surface area contributed by atoms with E-state index in [1.165, 1.54) is 0 Å². The van der Waals surface area contributed by atoms with E-state index in [-0.39, 0.29) is 5.91 Å². The van der Waals surface area contributed by atoms with E-state index in [2.05, 4.69) is 26.2 Å². The van der Waals surface area contributed by atoms with Crippen LogP contribution in [0.1, 0.15) is 15.9 Å². The number of anilines is 1. The fraction of sp³-hybridized carbons (Fsp3) is 0.0769. The number of hydrogen-bond donors (Lipinski definition) is 1. The van der Waals surface area contributed by atoms with Gasteiger partial charge in [0.15, 0.2) is 0 Å². The van der Waals surface area contributed by atoms with Crippen LogP contribution in [0.5, 0.6) is 0 Å². The van der Waals surface area contributed by atoms with E-state index in [0.29, 0.717) is 20.9 Å². The Morgan fingerprint density at radius 1 is 1.39 bits per heavy atom. The van der Waals surface area contributed by atoms with Gasteiger partial charge in [-0.05, 0) is 52.7 Å². The molecule has 2 aromatic rings. The Morgan fingerprint density at radius 3 is 2.89 bits per heavy atom. The molecule has 1 N–H and O–H groups in total. The van der Waals surface area contributed by atoms with Gasteiger partial charge in [0, 0.05) is 16.8 Å². The summed E-state index contributed by atoms with van der Waals surface area (Å²) in [6.07, 6.45) is 1.64. The quantitative estimate of drug-likeness (QED) is 0.846. The van der Waals surface area contributed by atoms with Crippen molar-refractivity contribution in [1.82, 2.24) is 4.98 Å². The van der Waals surface area contributed by atoms with Gasteiger partial charge in [-0.25, -0.2) is 4.98 Å². The Hall–Kier alpha value is -1.39. The van der Waals surface area contributed by atoms with Crippen molar-refractivity contribution in [3.63, 3.8) is 0 Å². The van der Waals surface area contributed by atoms with E-state index in [1.54, 1.807) is 30.5 Å². The molecule has 18 heavy (non-hydrogen) atoms. The third-order valence-electron chi connectivity index (χ3n) is 2.45. The SMILES string of the molecule is Cc1ccc(Cl)cc1C(=O)Nc1cccnc1Br. The Morgan fingerprint density at radius 2 is 2.17 bits per heavy atom. The van der Waals surface area contributed by atoms with Gasteiger partial charge in [0.25, 0.3) is 5.91 Å². The van der Waals surface area contributed by atoms with Gasteiger partial charge >= 0.3 is 0 Å². The summed E-state index contributed by atoms with van der Waals surface area (Å²) >= 11 is 9.17. The van der Waals surface area contributed by atoms with Crippen molar-refractivity contribution in [1.29, 1.82) is 0 Å². The zero-order valence-corrected chi connectivity index (χ0v) is 11.9. The molecule has 3 nitrogen and oxygen atoms in total. The van der Waals surface area contributed by atoms with Crippen LogP contribution in [0.3, 0.4) is 0 Å². The number of rotatable bonds is 2. The highest BCUT2D eigenvalue weighted by atomic mass is 79.9. The monoisotopic (exact) mass is 324 g/mol. The van der Waals surface area contributed by atoms with Crippen molar-refractivity contribution in [2.24, 2.45) is 0 Å². The summed E-state index contributed by atoms with van der Waals surface area (Å²) in [6, 6.07) is 8.75. The van der Waals surface area contributed by atoms with E-state index in [1.807, 2.05) is 13.0 Å². The maximum absolute atomic E-state index is 12.1. The lowest BCUT2D eigenvalue weighted by atomic mass is 10.1. The van der Waals surface area contributed by atoms with Crippen LogP contribution in [0.2, 0.25) is 5.02 Å². The Kier molecular flexibility index (Phi) is 3.99. The predicted molar refractivity (Wildman–Crippen MR) is 76.1 cm³/mol. The second kappa shape index (κ2) is 5.50. The average Bonchev–Trinajstić information content (AvgIpc) is 2.35. The van der Waals surface area contributed by atoms with Crippen LogP contribution in [-0.4, -0.2) is 10.9 Å². The minimum atomic E-state index is -0.205. The fourth-order valence-electron chi connectivity index (χ4n) is 1.51. The zero-order chi connectivity index (χ0) is 13.1. The number of nitrogens with one attached hydrogen (secondary N) is 1. The van der Waals surface area contributed by atoms with Crippen molar-refractivity contribution in [3.05, 3.63) is 57.3 Å². The molecule has 0 aliphatic carbocycles. The van der Waals surface area contributed by atoms with Crippen molar-refractivity contribution in [2.45, 2.75) is 6.92 Å². The van der Waals surface area contributed by atoms with Crippen molar-refractivity contribution < 1.29 is 4.79 Å². The van der Waals surface area contributed by atoms with Crippen molar-refractivity contribution in [3.8, 4) is 0 Å². The van der Waals surface area contributed by atoms with E-state index >= 15 is 0 Å². The fourth-order valence-corrected chi connectivity index (χ4v) is 2.03. The highest BCUT2D eigenvalue weighted by molar-refractivity contribution is 9.10.